The van der Waals surface area contributed by atoms with Gasteiger partial charge in [-0.25, -0.2) is 0 Å². The molecule has 5 rings (SSSR count). The zero-order valence-electron chi connectivity index (χ0n) is 18.1. The third kappa shape index (κ3) is 5.28. The van der Waals surface area contributed by atoms with Crippen LogP contribution in [0.25, 0.3) is 22.8 Å². The molecule has 2 heterocycles. The monoisotopic (exact) mass is 578 g/mol. The standard InChI is InChI=1S/C24H20Br2N8/c25-13-17-4-8-19(9-5-17)15-33-29-23(27-31-33)21-2-1-3-22(12-21)24-28-32-34(30-24)16-20-10-6-18(14-26)7-11-20/h1-12H,13-16H2. The van der Waals surface area contributed by atoms with Crippen LogP contribution in [0.15, 0.2) is 72.8 Å². The molecule has 0 saturated heterocycles. The smallest absolute Gasteiger partial charge is 0.159 e. The number of hydrogen-bond acceptors (Lipinski definition) is 6. The first-order valence-corrected chi connectivity index (χ1v) is 12.9. The first kappa shape index (κ1) is 22.5. The van der Waals surface area contributed by atoms with Crippen LogP contribution in [0.5, 0.6) is 0 Å². The summed E-state index contributed by atoms with van der Waals surface area (Å²) in [5, 5.41) is 27.7. The largest absolute Gasteiger partial charge is 0.204 e. The number of aromatic nitrogens is 8. The maximum Gasteiger partial charge on any atom is 0.204 e. The van der Waals surface area contributed by atoms with E-state index in [1.807, 2.05) is 24.3 Å². The van der Waals surface area contributed by atoms with E-state index >= 15 is 0 Å². The fourth-order valence-corrected chi connectivity index (χ4v) is 4.19. The molecular formula is C24H20Br2N8. The molecule has 0 aliphatic heterocycles. The number of halogens is 2. The summed E-state index contributed by atoms with van der Waals surface area (Å²) in [6, 6.07) is 24.4. The lowest BCUT2D eigenvalue weighted by atomic mass is 10.1. The highest BCUT2D eigenvalue weighted by Crippen LogP contribution is 2.21. The Morgan fingerprint density at radius 2 is 0.971 bits per heavy atom. The van der Waals surface area contributed by atoms with E-state index in [1.54, 1.807) is 9.59 Å². The fourth-order valence-electron chi connectivity index (χ4n) is 3.44. The number of alkyl halides is 2. The van der Waals surface area contributed by atoms with Gasteiger partial charge in [0.25, 0.3) is 0 Å². The highest BCUT2D eigenvalue weighted by Gasteiger charge is 2.11. The maximum atomic E-state index is 4.55. The van der Waals surface area contributed by atoms with E-state index in [4.69, 9.17) is 0 Å². The normalized spacial score (nSPS) is 11.1. The van der Waals surface area contributed by atoms with Crippen LogP contribution < -0.4 is 0 Å². The molecule has 2 aromatic heterocycles. The Hall–Kier alpha value is -3.24. The molecule has 0 fully saturated rings. The van der Waals surface area contributed by atoms with Gasteiger partial charge in [-0.3, -0.25) is 0 Å². The topological polar surface area (TPSA) is 87.2 Å². The van der Waals surface area contributed by atoms with Gasteiger partial charge in [0.05, 0.1) is 13.1 Å². The highest BCUT2D eigenvalue weighted by atomic mass is 79.9. The number of hydrogen-bond donors (Lipinski definition) is 0. The summed E-state index contributed by atoms with van der Waals surface area (Å²) in [4.78, 5) is 3.20. The van der Waals surface area contributed by atoms with Gasteiger partial charge < -0.3 is 0 Å². The summed E-state index contributed by atoms with van der Waals surface area (Å²) >= 11 is 6.93. The molecule has 0 aliphatic rings. The van der Waals surface area contributed by atoms with Crippen molar-refractivity contribution in [1.29, 1.82) is 0 Å². The van der Waals surface area contributed by atoms with Crippen LogP contribution in [-0.4, -0.2) is 40.4 Å². The average molecular weight is 580 g/mol. The molecule has 10 heteroatoms. The zero-order valence-corrected chi connectivity index (χ0v) is 21.3. The lowest BCUT2D eigenvalue weighted by molar-refractivity contribution is 0.573. The van der Waals surface area contributed by atoms with Crippen LogP contribution in [0.4, 0.5) is 0 Å². The van der Waals surface area contributed by atoms with Crippen molar-refractivity contribution < 1.29 is 0 Å². The van der Waals surface area contributed by atoms with E-state index in [-0.39, 0.29) is 0 Å². The minimum Gasteiger partial charge on any atom is -0.159 e. The van der Waals surface area contributed by atoms with E-state index < -0.39 is 0 Å². The second-order valence-corrected chi connectivity index (χ2v) is 8.89. The van der Waals surface area contributed by atoms with Crippen molar-refractivity contribution in [3.05, 3.63) is 95.1 Å². The Morgan fingerprint density at radius 1 is 0.559 bits per heavy atom. The molecule has 0 bridgehead atoms. The van der Waals surface area contributed by atoms with Gasteiger partial charge in [0, 0.05) is 21.8 Å². The molecule has 8 nitrogen and oxygen atoms in total. The van der Waals surface area contributed by atoms with E-state index in [0.29, 0.717) is 24.7 Å². The predicted octanol–water partition coefficient (Wildman–Crippen LogP) is 4.88. The average Bonchev–Trinajstić information content (AvgIpc) is 3.55. The summed E-state index contributed by atoms with van der Waals surface area (Å²) in [7, 11) is 0. The quantitative estimate of drug-likeness (QED) is 0.243. The van der Waals surface area contributed by atoms with Gasteiger partial charge in [0.15, 0.2) is 0 Å². The lowest BCUT2D eigenvalue weighted by Crippen LogP contribution is -2.04. The Kier molecular flexibility index (Phi) is 6.87. The van der Waals surface area contributed by atoms with Gasteiger partial charge in [-0.2, -0.15) is 9.59 Å². The molecule has 0 unspecified atom stereocenters. The molecule has 0 N–H and O–H groups in total. The number of benzene rings is 3. The van der Waals surface area contributed by atoms with Crippen molar-refractivity contribution in [2.24, 2.45) is 0 Å². The third-order valence-corrected chi connectivity index (χ3v) is 6.58. The Balaban J connectivity index is 1.30. The molecule has 170 valence electrons. The minimum absolute atomic E-state index is 0.554. The molecule has 0 amide bonds. The van der Waals surface area contributed by atoms with Gasteiger partial charge in [-0.1, -0.05) is 98.6 Å². The number of tetrazole rings is 2. The van der Waals surface area contributed by atoms with Crippen molar-refractivity contribution in [3.63, 3.8) is 0 Å². The Labute approximate surface area is 213 Å². The molecule has 0 aliphatic carbocycles. The van der Waals surface area contributed by atoms with Crippen LogP contribution in [0, 0.1) is 0 Å². The highest BCUT2D eigenvalue weighted by molar-refractivity contribution is 9.08. The van der Waals surface area contributed by atoms with Gasteiger partial charge in [-0.15, -0.1) is 20.4 Å². The molecule has 0 saturated carbocycles. The number of nitrogens with zero attached hydrogens (tertiary/aromatic N) is 8. The Morgan fingerprint density at radius 3 is 1.38 bits per heavy atom. The van der Waals surface area contributed by atoms with E-state index in [0.717, 1.165) is 32.9 Å². The predicted molar refractivity (Wildman–Crippen MR) is 136 cm³/mol. The van der Waals surface area contributed by atoms with Crippen LogP contribution in [0.1, 0.15) is 22.3 Å². The maximum absolute atomic E-state index is 4.55. The van der Waals surface area contributed by atoms with Crippen molar-refractivity contribution in [2.75, 3.05) is 0 Å². The Bertz CT molecular complexity index is 1270. The van der Waals surface area contributed by atoms with Crippen LogP contribution in [-0.2, 0) is 23.7 Å². The third-order valence-electron chi connectivity index (χ3n) is 5.29. The van der Waals surface area contributed by atoms with Gasteiger partial charge in [-0.05, 0) is 38.7 Å². The number of rotatable bonds is 8. The summed E-state index contributed by atoms with van der Waals surface area (Å²) in [5.74, 6) is 1.11. The van der Waals surface area contributed by atoms with E-state index in [1.165, 1.54) is 11.1 Å². The van der Waals surface area contributed by atoms with Crippen molar-refractivity contribution in [3.8, 4) is 22.8 Å². The lowest BCUT2D eigenvalue weighted by Gasteiger charge is -2.01. The van der Waals surface area contributed by atoms with E-state index in [9.17, 15) is 0 Å². The zero-order chi connectivity index (χ0) is 23.3. The SMILES string of the molecule is BrCc1ccc(Cn2nnc(-c3cccc(-c4nnn(Cc5ccc(CBr)cc5)n4)c3)n2)cc1. The van der Waals surface area contributed by atoms with Crippen LogP contribution in [0.3, 0.4) is 0 Å². The first-order valence-electron chi connectivity index (χ1n) is 10.6. The van der Waals surface area contributed by atoms with Crippen molar-refractivity contribution >= 4 is 31.9 Å². The molecule has 3 aromatic carbocycles. The summed E-state index contributed by atoms with van der Waals surface area (Å²) < 4.78 is 0. The molecule has 34 heavy (non-hydrogen) atoms. The van der Waals surface area contributed by atoms with Gasteiger partial charge in [0.2, 0.25) is 11.6 Å². The van der Waals surface area contributed by atoms with E-state index in [2.05, 4.69) is 111 Å². The molecule has 0 spiro atoms. The van der Waals surface area contributed by atoms with Crippen molar-refractivity contribution in [1.82, 2.24) is 40.4 Å². The molecule has 0 atom stereocenters. The second kappa shape index (κ2) is 10.4. The van der Waals surface area contributed by atoms with Gasteiger partial charge >= 0.3 is 0 Å². The van der Waals surface area contributed by atoms with Crippen LogP contribution >= 0.6 is 31.9 Å². The van der Waals surface area contributed by atoms with Crippen LogP contribution in [0.2, 0.25) is 0 Å². The summed E-state index contributed by atoms with van der Waals surface area (Å²) in [6.45, 7) is 1.11. The summed E-state index contributed by atoms with van der Waals surface area (Å²) in [5.41, 5.74) is 6.38. The molecular weight excluding hydrogens is 560 g/mol. The summed E-state index contributed by atoms with van der Waals surface area (Å²) in [6.07, 6.45) is 0. The van der Waals surface area contributed by atoms with Crippen molar-refractivity contribution in [2.45, 2.75) is 23.7 Å². The minimum atomic E-state index is 0.554. The molecule has 5 aromatic rings. The molecule has 0 radical (unpaired) electrons. The fraction of sp³-hybridized carbons (Fsp3) is 0.167. The van der Waals surface area contributed by atoms with Gasteiger partial charge in [0.1, 0.15) is 0 Å². The first-order chi connectivity index (χ1) is 16.7. The second-order valence-electron chi connectivity index (χ2n) is 7.77.